The fourth-order valence-electron chi connectivity index (χ4n) is 2.73. The number of halogens is 1. The summed E-state index contributed by atoms with van der Waals surface area (Å²) in [4.78, 5) is 18.2. The van der Waals surface area contributed by atoms with E-state index in [1.54, 1.807) is 24.1 Å². The molecule has 3 rings (SSSR count). The molecule has 124 valence electrons. The number of hydrogen-bond donors (Lipinski definition) is 0. The maximum absolute atomic E-state index is 12.3. The lowest BCUT2D eigenvalue weighted by molar-refractivity contribution is -0.136. The molecule has 7 heteroatoms. The number of nitrogens with zero attached hydrogens (tertiary/aromatic N) is 4. The third-order valence-corrected chi connectivity index (χ3v) is 4.78. The molecule has 24 heavy (non-hydrogen) atoms. The van der Waals surface area contributed by atoms with Gasteiger partial charge in [-0.2, -0.15) is 10.2 Å². The predicted octanol–water partition coefficient (Wildman–Crippen LogP) is 3.23. The number of nitriles is 1. The topological polar surface area (TPSA) is 83.0 Å². The van der Waals surface area contributed by atoms with Gasteiger partial charge in [-0.15, -0.1) is 0 Å². The van der Waals surface area contributed by atoms with Crippen molar-refractivity contribution in [2.24, 2.45) is 0 Å². The Morgan fingerprint density at radius 1 is 1.42 bits per heavy atom. The maximum Gasteiger partial charge on any atom is 0.227 e. The Bertz CT molecular complexity index is 775. The summed E-state index contributed by atoms with van der Waals surface area (Å²) in [6, 6.07) is 9.39. The van der Waals surface area contributed by atoms with Crippen molar-refractivity contribution in [1.82, 2.24) is 15.0 Å². The zero-order chi connectivity index (χ0) is 17.2. The number of aromatic nitrogens is 2. The summed E-state index contributed by atoms with van der Waals surface area (Å²) in [5, 5.41) is 13.9. The van der Waals surface area contributed by atoms with Gasteiger partial charge in [0.15, 0.2) is 0 Å². The van der Waals surface area contributed by atoms with Crippen LogP contribution in [0.3, 0.4) is 0 Å². The van der Waals surface area contributed by atoms with Crippen LogP contribution >= 0.6 is 11.6 Å². The second-order valence-corrected chi connectivity index (χ2v) is 6.40. The van der Waals surface area contributed by atoms with Crippen LogP contribution in [0.4, 0.5) is 0 Å². The van der Waals surface area contributed by atoms with Gasteiger partial charge in [0.1, 0.15) is 5.54 Å². The first kappa shape index (κ1) is 16.5. The van der Waals surface area contributed by atoms with Gasteiger partial charge in [0, 0.05) is 30.5 Å². The molecule has 0 radical (unpaired) electrons. The van der Waals surface area contributed by atoms with Crippen molar-refractivity contribution in [3.63, 3.8) is 0 Å². The van der Waals surface area contributed by atoms with Crippen LogP contribution in [-0.2, 0) is 11.2 Å². The number of carbonyl (C=O) groups is 1. The monoisotopic (exact) mass is 344 g/mol. The molecule has 0 saturated heterocycles. The molecule has 1 aliphatic rings. The second-order valence-electron chi connectivity index (χ2n) is 5.97. The highest BCUT2D eigenvalue weighted by Gasteiger charge is 2.43. The van der Waals surface area contributed by atoms with Gasteiger partial charge in [-0.25, -0.2) is 0 Å². The van der Waals surface area contributed by atoms with E-state index in [4.69, 9.17) is 16.1 Å². The summed E-state index contributed by atoms with van der Waals surface area (Å²) in [7, 11) is 1.69. The normalized spacial score (nSPS) is 15.4. The van der Waals surface area contributed by atoms with Gasteiger partial charge in [0.25, 0.3) is 0 Å². The van der Waals surface area contributed by atoms with Gasteiger partial charge in [0.2, 0.25) is 17.6 Å². The second kappa shape index (κ2) is 6.62. The van der Waals surface area contributed by atoms with Crippen molar-refractivity contribution in [3.05, 3.63) is 35.2 Å². The number of amides is 1. The van der Waals surface area contributed by atoms with E-state index < -0.39 is 5.54 Å². The van der Waals surface area contributed by atoms with Gasteiger partial charge >= 0.3 is 0 Å². The number of carbonyl (C=O) groups excluding carboxylic acids is 1. The number of benzene rings is 1. The summed E-state index contributed by atoms with van der Waals surface area (Å²) >= 11 is 5.85. The molecule has 0 spiro atoms. The lowest BCUT2D eigenvalue weighted by Gasteiger charge is -2.42. The van der Waals surface area contributed by atoms with Crippen LogP contribution in [0.1, 0.15) is 31.6 Å². The van der Waals surface area contributed by atoms with Gasteiger partial charge in [-0.3, -0.25) is 4.79 Å². The van der Waals surface area contributed by atoms with Gasteiger partial charge in [-0.05, 0) is 43.5 Å². The molecule has 0 N–H and O–H groups in total. The van der Waals surface area contributed by atoms with Crippen LogP contribution in [0.2, 0.25) is 5.02 Å². The Morgan fingerprint density at radius 2 is 2.12 bits per heavy atom. The number of rotatable bonds is 5. The number of aryl methyl sites for hydroxylation is 1. The molecule has 1 saturated carbocycles. The highest BCUT2D eigenvalue weighted by molar-refractivity contribution is 6.30. The van der Waals surface area contributed by atoms with E-state index in [9.17, 15) is 10.1 Å². The summed E-state index contributed by atoms with van der Waals surface area (Å²) in [5.74, 6) is 0.791. The van der Waals surface area contributed by atoms with E-state index in [2.05, 4.69) is 16.2 Å². The van der Waals surface area contributed by atoms with E-state index in [0.717, 1.165) is 24.8 Å². The summed E-state index contributed by atoms with van der Waals surface area (Å²) in [6.45, 7) is 0. The molecule has 0 aliphatic heterocycles. The molecule has 0 bridgehead atoms. The van der Waals surface area contributed by atoms with Crippen molar-refractivity contribution in [1.29, 1.82) is 5.26 Å². The summed E-state index contributed by atoms with van der Waals surface area (Å²) in [5.41, 5.74) is 0.177. The fraction of sp³-hybridized carbons (Fsp3) is 0.412. The predicted molar refractivity (Wildman–Crippen MR) is 88.0 cm³/mol. The molecule has 2 aromatic rings. The third kappa shape index (κ3) is 3.13. The molecular weight excluding hydrogens is 328 g/mol. The van der Waals surface area contributed by atoms with E-state index in [1.807, 2.05) is 12.1 Å². The van der Waals surface area contributed by atoms with Crippen LogP contribution in [0, 0.1) is 11.3 Å². The highest BCUT2D eigenvalue weighted by atomic mass is 35.5. The zero-order valence-corrected chi connectivity index (χ0v) is 14.1. The Kier molecular flexibility index (Phi) is 4.54. The first-order chi connectivity index (χ1) is 11.5. The van der Waals surface area contributed by atoms with Crippen LogP contribution in [0.5, 0.6) is 0 Å². The Morgan fingerprint density at radius 3 is 2.71 bits per heavy atom. The van der Waals surface area contributed by atoms with E-state index in [-0.39, 0.29) is 12.3 Å². The Labute approximate surface area is 145 Å². The standard InChI is InChI=1S/C17H17ClN4O2/c1-22(17(11-19)9-2-10-17)15(23)8-7-14-20-16(21-24-14)12-3-5-13(18)6-4-12/h3-6H,2,7-10H2,1H3. The Balaban J connectivity index is 1.60. The van der Waals surface area contributed by atoms with Crippen molar-refractivity contribution in [2.75, 3.05) is 7.05 Å². The van der Waals surface area contributed by atoms with Crippen molar-refractivity contribution in [2.45, 2.75) is 37.6 Å². The molecule has 1 heterocycles. The molecule has 0 unspecified atom stereocenters. The third-order valence-electron chi connectivity index (χ3n) is 4.53. The number of hydrogen-bond acceptors (Lipinski definition) is 5. The first-order valence-electron chi connectivity index (χ1n) is 7.80. The van der Waals surface area contributed by atoms with Crippen LogP contribution in [-0.4, -0.2) is 33.5 Å². The van der Waals surface area contributed by atoms with Gasteiger partial charge in [0.05, 0.1) is 6.07 Å². The minimum absolute atomic E-state index is 0.0810. The molecule has 1 amide bonds. The van der Waals surface area contributed by atoms with E-state index >= 15 is 0 Å². The lowest BCUT2D eigenvalue weighted by Crippen LogP contribution is -2.53. The molecule has 1 fully saturated rings. The highest BCUT2D eigenvalue weighted by Crippen LogP contribution is 2.36. The van der Waals surface area contributed by atoms with E-state index in [1.165, 1.54) is 0 Å². The summed E-state index contributed by atoms with van der Waals surface area (Å²) < 4.78 is 5.20. The van der Waals surface area contributed by atoms with Crippen LogP contribution in [0.25, 0.3) is 11.4 Å². The fourth-order valence-corrected chi connectivity index (χ4v) is 2.85. The van der Waals surface area contributed by atoms with Gasteiger partial charge in [-0.1, -0.05) is 16.8 Å². The van der Waals surface area contributed by atoms with Crippen molar-refractivity contribution in [3.8, 4) is 17.5 Å². The van der Waals surface area contributed by atoms with Crippen LogP contribution in [0.15, 0.2) is 28.8 Å². The van der Waals surface area contributed by atoms with Crippen LogP contribution < -0.4 is 0 Å². The molecule has 1 aliphatic carbocycles. The maximum atomic E-state index is 12.3. The average Bonchev–Trinajstić information content (AvgIpc) is 3.01. The molecule has 1 aromatic carbocycles. The molecule has 6 nitrogen and oxygen atoms in total. The quantitative estimate of drug-likeness (QED) is 0.831. The van der Waals surface area contributed by atoms with Gasteiger partial charge < -0.3 is 9.42 Å². The largest absolute Gasteiger partial charge is 0.339 e. The Hall–Kier alpha value is -2.39. The SMILES string of the molecule is CN(C(=O)CCc1nc(-c2ccc(Cl)cc2)no1)C1(C#N)CCC1. The molecule has 1 aromatic heterocycles. The molecule has 0 atom stereocenters. The minimum Gasteiger partial charge on any atom is -0.339 e. The smallest absolute Gasteiger partial charge is 0.227 e. The first-order valence-corrected chi connectivity index (χ1v) is 8.18. The minimum atomic E-state index is -0.625. The average molecular weight is 345 g/mol. The zero-order valence-electron chi connectivity index (χ0n) is 13.3. The van der Waals surface area contributed by atoms with E-state index in [0.29, 0.717) is 23.2 Å². The molecular formula is C17H17ClN4O2. The lowest BCUT2D eigenvalue weighted by atomic mass is 9.76. The van der Waals surface area contributed by atoms with Crippen molar-refractivity contribution < 1.29 is 9.32 Å². The summed E-state index contributed by atoms with van der Waals surface area (Å²) in [6.07, 6.45) is 3.06. The van der Waals surface area contributed by atoms with Crippen molar-refractivity contribution >= 4 is 17.5 Å².